The van der Waals surface area contributed by atoms with Gasteiger partial charge in [0.05, 0.1) is 24.7 Å². The molecule has 1 fully saturated rings. The van der Waals surface area contributed by atoms with Crippen molar-refractivity contribution in [3.63, 3.8) is 0 Å². The fourth-order valence-corrected chi connectivity index (χ4v) is 4.62. The van der Waals surface area contributed by atoms with E-state index in [0.29, 0.717) is 28.0 Å². The van der Waals surface area contributed by atoms with Crippen LogP contribution in [-0.4, -0.2) is 60.6 Å². The van der Waals surface area contributed by atoms with Crippen LogP contribution in [0.4, 0.5) is 13.2 Å². The van der Waals surface area contributed by atoms with E-state index in [1.807, 2.05) is 41.0 Å². The fraction of sp³-hybridized carbons (Fsp3) is 0.259. The predicted molar refractivity (Wildman–Crippen MR) is 147 cm³/mol. The van der Waals surface area contributed by atoms with E-state index in [0.717, 1.165) is 16.6 Å². The molecule has 16 heteroatoms. The molecule has 12 nitrogen and oxygen atoms in total. The van der Waals surface area contributed by atoms with Gasteiger partial charge in [-0.15, -0.1) is 10.2 Å². The summed E-state index contributed by atoms with van der Waals surface area (Å²) in [6, 6.07) is 16.4. The Morgan fingerprint density at radius 2 is 1.84 bits per heavy atom. The van der Waals surface area contributed by atoms with Gasteiger partial charge >= 0.3 is 12.1 Å². The number of benzene rings is 2. The van der Waals surface area contributed by atoms with Crippen molar-refractivity contribution in [1.82, 2.24) is 40.6 Å². The first-order valence-electron chi connectivity index (χ1n) is 12.8. The lowest BCUT2D eigenvalue weighted by Gasteiger charge is -2.18. The molecule has 224 valence electrons. The predicted octanol–water partition coefficient (Wildman–Crippen LogP) is 3.98. The van der Waals surface area contributed by atoms with Crippen LogP contribution in [0, 0.1) is 0 Å². The summed E-state index contributed by atoms with van der Waals surface area (Å²) in [5.41, 5.74) is 1.37. The van der Waals surface area contributed by atoms with Crippen molar-refractivity contribution >= 4 is 34.3 Å². The van der Waals surface area contributed by atoms with Gasteiger partial charge in [0.15, 0.2) is 0 Å². The van der Waals surface area contributed by atoms with Gasteiger partial charge in [-0.25, -0.2) is 0 Å². The zero-order valence-corrected chi connectivity index (χ0v) is 23.5. The van der Waals surface area contributed by atoms with E-state index in [9.17, 15) is 22.8 Å². The number of hydrogen-bond donors (Lipinski definition) is 2. The van der Waals surface area contributed by atoms with Gasteiger partial charge in [-0.3, -0.25) is 9.59 Å². The molecule has 0 saturated heterocycles. The summed E-state index contributed by atoms with van der Waals surface area (Å²) in [6.45, 7) is 0.0779. The van der Waals surface area contributed by atoms with Gasteiger partial charge in [0.2, 0.25) is 11.7 Å². The van der Waals surface area contributed by atoms with Crippen LogP contribution in [0.5, 0.6) is 5.88 Å². The minimum absolute atomic E-state index is 0.0779. The molecule has 43 heavy (non-hydrogen) atoms. The molecule has 1 saturated carbocycles. The Labute approximate surface area is 246 Å². The van der Waals surface area contributed by atoms with Crippen molar-refractivity contribution < 1.29 is 32.0 Å². The molecule has 0 spiro atoms. The molecule has 2 aromatic carbocycles. The largest absolute Gasteiger partial charge is 0.479 e. The van der Waals surface area contributed by atoms with E-state index in [4.69, 9.17) is 11.6 Å². The number of para-hydroxylation sites is 1. The Morgan fingerprint density at radius 3 is 2.40 bits per heavy atom. The van der Waals surface area contributed by atoms with E-state index < -0.39 is 23.5 Å². The Balaban J connectivity index is 0.000000463. The van der Waals surface area contributed by atoms with Crippen molar-refractivity contribution in [2.45, 2.75) is 31.1 Å². The number of amides is 2. The van der Waals surface area contributed by atoms with E-state index >= 15 is 0 Å². The zero-order valence-electron chi connectivity index (χ0n) is 22.7. The topological polar surface area (TPSA) is 142 Å². The maximum atomic E-state index is 12.6. The standard InChI is InChI=1S/C23H19ClF3N7O2.C4H5NO2/c1-33-31-19(30-32-33)18-17(24)15-4-2-3-5-16(15)34(18)14-8-6-13(7-9-14)12-28-20(35)22(10-11-22)29-21(36)23(25,26)27;1-6-4-2-3-7-5-4/h2-9H,10-12H2,1H3,(H,28,35)(H,29,36);2-3H,1H3. The van der Waals surface area contributed by atoms with Crippen LogP contribution in [0.1, 0.15) is 18.4 Å². The summed E-state index contributed by atoms with van der Waals surface area (Å²) >= 11 is 6.70. The van der Waals surface area contributed by atoms with Crippen molar-refractivity contribution in [3.8, 4) is 23.1 Å². The molecule has 0 atom stereocenters. The van der Waals surface area contributed by atoms with Crippen LogP contribution in [0.15, 0.2) is 65.4 Å². The number of halogens is 4. The highest BCUT2D eigenvalue weighted by Gasteiger charge is 2.54. The quantitative estimate of drug-likeness (QED) is 0.280. The molecule has 3 aromatic heterocycles. The van der Waals surface area contributed by atoms with Gasteiger partial charge in [-0.05, 0) is 47.0 Å². The van der Waals surface area contributed by atoms with E-state index in [-0.39, 0.29) is 19.4 Å². The number of hydrogen-bond acceptors (Lipinski definition) is 8. The van der Waals surface area contributed by atoms with Crippen LogP contribution in [-0.2, 0) is 23.2 Å². The molecule has 2 N–H and O–H groups in total. The zero-order chi connectivity index (χ0) is 30.8. The molecule has 0 aliphatic heterocycles. The van der Waals surface area contributed by atoms with Crippen LogP contribution in [0.2, 0.25) is 5.02 Å². The van der Waals surface area contributed by atoms with Gasteiger partial charge in [-0.2, -0.15) is 18.0 Å². The molecular formula is C27H24ClF3N8O4. The van der Waals surface area contributed by atoms with Crippen molar-refractivity contribution in [2.24, 2.45) is 7.05 Å². The molecule has 0 radical (unpaired) electrons. The lowest BCUT2D eigenvalue weighted by Crippen LogP contribution is -2.52. The summed E-state index contributed by atoms with van der Waals surface area (Å²) < 4.78 is 48.7. The summed E-state index contributed by atoms with van der Waals surface area (Å²) in [5, 5.41) is 21.5. The maximum absolute atomic E-state index is 12.6. The lowest BCUT2D eigenvalue weighted by atomic mass is 10.1. The van der Waals surface area contributed by atoms with Crippen molar-refractivity contribution in [2.75, 3.05) is 7.11 Å². The first-order chi connectivity index (χ1) is 20.5. The normalized spacial score (nSPS) is 13.6. The molecule has 2 amide bonds. The molecular weight excluding hydrogens is 593 g/mol. The average Bonchev–Trinajstić information content (AvgIpc) is 3.29. The van der Waals surface area contributed by atoms with Gasteiger partial charge in [0.1, 0.15) is 17.5 Å². The number of ether oxygens (including phenoxy) is 1. The average molecular weight is 617 g/mol. The second-order valence-electron chi connectivity index (χ2n) is 9.54. The van der Waals surface area contributed by atoms with E-state index in [1.54, 1.807) is 30.6 Å². The second kappa shape index (κ2) is 11.8. The molecule has 1 aliphatic rings. The summed E-state index contributed by atoms with van der Waals surface area (Å²) in [5.74, 6) is -1.90. The number of methoxy groups -OCH3 is 1. The molecule has 3 heterocycles. The number of aromatic nitrogens is 6. The Kier molecular flexibility index (Phi) is 8.08. The molecule has 5 aromatic rings. The number of fused-ring (bicyclic) bond motifs is 1. The lowest BCUT2D eigenvalue weighted by molar-refractivity contribution is -0.175. The Hall–Kier alpha value is -4.92. The van der Waals surface area contributed by atoms with Gasteiger partial charge in [0.25, 0.3) is 5.88 Å². The number of nitrogens with one attached hydrogen (secondary N) is 2. The minimum atomic E-state index is -5.04. The second-order valence-corrected chi connectivity index (χ2v) is 9.92. The molecule has 6 rings (SSSR count). The monoisotopic (exact) mass is 616 g/mol. The Morgan fingerprint density at radius 1 is 1.12 bits per heavy atom. The number of nitrogens with zero attached hydrogens (tertiary/aromatic N) is 6. The van der Waals surface area contributed by atoms with Crippen LogP contribution >= 0.6 is 11.6 Å². The van der Waals surface area contributed by atoms with Crippen LogP contribution < -0.4 is 15.4 Å². The number of carbonyl (C=O) groups excluding carboxylic acids is 2. The highest BCUT2D eigenvalue weighted by molar-refractivity contribution is 6.38. The molecule has 1 aliphatic carbocycles. The summed E-state index contributed by atoms with van der Waals surface area (Å²) in [4.78, 5) is 25.1. The number of rotatable bonds is 7. The van der Waals surface area contributed by atoms with Crippen LogP contribution in [0.25, 0.3) is 28.1 Å². The van der Waals surface area contributed by atoms with Crippen LogP contribution in [0.3, 0.4) is 0 Å². The van der Waals surface area contributed by atoms with E-state index in [1.165, 1.54) is 18.2 Å². The highest BCUT2D eigenvalue weighted by atomic mass is 35.5. The SMILES string of the molecule is COc1ccon1.Cn1nnc(-c2c(Cl)c3ccccc3n2-c2ccc(CNC(=O)C3(NC(=O)C(F)(F)F)CC3)cc2)n1. The van der Waals surface area contributed by atoms with Gasteiger partial charge < -0.3 is 24.5 Å². The third kappa shape index (κ3) is 6.30. The van der Waals surface area contributed by atoms with Crippen molar-refractivity contribution in [3.05, 3.63) is 71.4 Å². The fourth-order valence-electron chi connectivity index (χ4n) is 4.29. The summed E-state index contributed by atoms with van der Waals surface area (Å²) in [7, 11) is 3.19. The Bertz CT molecular complexity index is 1750. The first-order valence-corrected chi connectivity index (χ1v) is 13.1. The number of alkyl halides is 3. The number of carbonyl (C=O) groups is 2. The first kappa shape index (κ1) is 29.6. The maximum Gasteiger partial charge on any atom is 0.471 e. The van der Waals surface area contributed by atoms with Gasteiger partial charge in [-0.1, -0.05) is 41.9 Å². The van der Waals surface area contributed by atoms with Gasteiger partial charge in [0, 0.05) is 23.7 Å². The third-order valence-corrected chi connectivity index (χ3v) is 6.98. The number of aryl methyl sites for hydroxylation is 1. The van der Waals surface area contributed by atoms with E-state index in [2.05, 4.69) is 35.1 Å². The number of tetrazole rings is 1. The molecule has 0 bridgehead atoms. The summed E-state index contributed by atoms with van der Waals surface area (Å²) in [6.07, 6.45) is -3.28. The third-order valence-electron chi connectivity index (χ3n) is 6.60. The van der Waals surface area contributed by atoms with Crippen molar-refractivity contribution in [1.29, 1.82) is 0 Å². The smallest absolute Gasteiger partial charge is 0.471 e. The molecule has 0 unspecified atom stereocenters. The highest BCUT2D eigenvalue weighted by Crippen LogP contribution is 2.39. The minimum Gasteiger partial charge on any atom is -0.479 e.